The maximum absolute atomic E-state index is 12.3. The Morgan fingerprint density at radius 2 is 2.30 bits per heavy atom. The largest absolute Gasteiger partial charge is 0.465 e. The number of rotatable bonds is 5. The lowest BCUT2D eigenvalue weighted by atomic mass is 10.3. The highest BCUT2D eigenvalue weighted by Gasteiger charge is 2.27. The number of aryl methyl sites for hydroxylation is 1. The van der Waals surface area contributed by atoms with Gasteiger partial charge in [-0.3, -0.25) is 0 Å². The smallest absolute Gasteiger partial charge is 0.349 e. The Morgan fingerprint density at radius 3 is 2.90 bits per heavy atom. The van der Waals surface area contributed by atoms with Gasteiger partial charge in [0.2, 0.25) is 10.0 Å². The first-order valence-corrected chi connectivity index (χ1v) is 7.96. The van der Waals surface area contributed by atoms with Gasteiger partial charge in [0.15, 0.2) is 0 Å². The lowest BCUT2D eigenvalue weighted by Gasteiger charge is -2.07. The Balaban J connectivity index is 2.29. The van der Waals surface area contributed by atoms with E-state index >= 15 is 0 Å². The average Bonchev–Trinajstić information content (AvgIpc) is 3.04. The van der Waals surface area contributed by atoms with Crippen LogP contribution in [0.1, 0.15) is 21.1 Å². The molecule has 0 amide bonds. The van der Waals surface area contributed by atoms with Gasteiger partial charge in [0.1, 0.15) is 15.6 Å². The van der Waals surface area contributed by atoms with Gasteiger partial charge in [-0.25, -0.2) is 22.9 Å². The summed E-state index contributed by atoms with van der Waals surface area (Å²) in [5.41, 5.74) is 0.502. The molecule has 9 heteroatoms. The van der Waals surface area contributed by atoms with Crippen molar-refractivity contribution in [2.75, 3.05) is 7.11 Å². The summed E-state index contributed by atoms with van der Waals surface area (Å²) < 4.78 is 31.6. The molecule has 0 aliphatic carbocycles. The standard InChI is InChI=1S/C11H13N3O4S2/c1-7-6-19-9(11(15)18-2)10(7)20(16,17)14-5-8-12-3-4-13-8/h3-4,6,14H,5H2,1-2H3,(H,12,13). The number of sulfonamides is 1. The number of carbonyl (C=O) groups excluding carboxylic acids is 1. The minimum absolute atomic E-state index is 0.0191. The third-order valence-corrected chi connectivity index (χ3v) is 5.34. The van der Waals surface area contributed by atoms with Crippen LogP contribution in [0.15, 0.2) is 22.7 Å². The van der Waals surface area contributed by atoms with E-state index < -0.39 is 16.0 Å². The van der Waals surface area contributed by atoms with Crippen molar-refractivity contribution in [3.63, 3.8) is 0 Å². The van der Waals surface area contributed by atoms with E-state index in [9.17, 15) is 13.2 Å². The lowest BCUT2D eigenvalue weighted by molar-refractivity contribution is 0.0602. The number of thiophene rings is 1. The predicted octanol–water partition coefficient (Wildman–Crippen LogP) is 1.04. The highest BCUT2D eigenvalue weighted by molar-refractivity contribution is 7.89. The second-order valence-corrected chi connectivity index (χ2v) is 6.51. The fraction of sp³-hybridized carbons (Fsp3) is 0.273. The van der Waals surface area contributed by atoms with Gasteiger partial charge in [0.05, 0.1) is 13.7 Å². The number of aromatic amines is 1. The van der Waals surface area contributed by atoms with Gasteiger partial charge >= 0.3 is 5.97 Å². The molecule has 0 saturated heterocycles. The van der Waals surface area contributed by atoms with Gasteiger partial charge in [-0.15, -0.1) is 11.3 Å². The summed E-state index contributed by atoms with van der Waals surface area (Å²) in [6, 6.07) is 0. The maximum atomic E-state index is 12.3. The maximum Gasteiger partial charge on any atom is 0.349 e. The van der Waals surface area contributed by atoms with Crippen LogP contribution in [0.5, 0.6) is 0 Å². The Labute approximate surface area is 120 Å². The van der Waals surface area contributed by atoms with Crippen molar-refractivity contribution in [1.82, 2.24) is 14.7 Å². The van der Waals surface area contributed by atoms with Crippen LogP contribution in [0.2, 0.25) is 0 Å². The Hall–Kier alpha value is -1.71. The van der Waals surface area contributed by atoms with E-state index in [-0.39, 0.29) is 16.3 Å². The molecule has 0 bridgehead atoms. The molecule has 2 N–H and O–H groups in total. The third kappa shape index (κ3) is 2.89. The molecule has 0 aliphatic heterocycles. The van der Waals surface area contributed by atoms with Gasteiger partial charge in [0.25, 0.3) is 0 Å². The number of imidazole rings is 1. The summed E-state index contributed by atoms with van der Waals surface area (Å²) in [5, 5.41) is 1.60. The van der Waals surface area contributed by atoms with Crippen LogP contribution >= 0.6 is 11.3 Å². The van der Waals surface area contributed by atoms with Crippen LogP contribution in [-0.2, 0) is 21.3 Å². The van der Waals surface area contributed by atoms with Crippen molar-refractivity contribution in [2.24, 2.45) is 0 Å². The highest BCUT2D eigenvalue weighted by Crippen LogP contribution is 2.27. The Kier molecular flexibility index (Phi) is 4.21. The molecule has 0 atom stereocenters. The molecule has 0 saturated carbocycles. The molecule has 2 heterocycles. The molecule has 0 aromatic carbocycles. The number of esters is 1. The molecule has 20 heavy (non-hydrogen) atoms. The van der Waals surface area contributed by atoms with E-state index in [0.29, 0.717) is 11.4 Å². The molecule has 0 fully saturated rings. The summed E-state index contributed by atoms with van der Waals surface area (Å²) in [6.45, 7) is 1.65. The summed E-state index contributed by atoms with van der Waals surface area (Å²) >= 11 is 1.04. The van der Waals surface area contributed by atoms with Crippen LogP contribution in [0.3, 0.4) is 0 Å². The first-order chi connectivity index (χ1) is 9.45. The summed E-state index contributed by atoms with van der Waals surface area (Å²) in [6.07, 6.45) is 3.12. The van der Waals surface area contributed by atoms with Gasteiger partial charge in [-0.1, -0.05) is 0 Å². The topological polar surface area (TPSA) is 101 Å². The Bertz CT molecular complexity index is 704. The van der Waals surface area contributed by atoms with Crippen molar-refractivity contribution in [1.29, 1.82) is 0 Å². The molecule has 7 nitrogen and oxygen atoms in total. The number of methoxy groups -OCH3 is 1. The van der Waals surface area contributed by atoms with Crippen molar-refractivity contribution in [2.45, 2.75) is 18.4 Å². The van der Waals surface area contributed by atoms with Crippen molar-refractivity contribution in [3.8, 4) is 0 Å². The minimum atomic E-state index is -3.81. The number of hydrogen-bond acceptors (Lipinski definition) is 6. The zero-order valence-electron chi connectivity index (χ0n) is 10.8. The van der Waals surface area contributed by atoms with E-state index in [1.807, 2.05) is 0 Å². The SMILES string of the molecule is COC(=O)c1scc(C)c1S(=O)(=O)NCc1ncc[nH]1. The van der Waals surface area contributed by atoms with E-state index in [4.69, 9.17) is 0 Å². The molecular formula is C11H13N3O4S2. The van der Waals surface area contributed by atoms with Gasteiger partial charge < -0.3 is 9.72 Å². The molecule has 2 aromatic rings. The van der Waals surface area contributed by atoms with Crippen LogP contribution < -0.4 is 4.72 Å². The van der Waals surface area contributed by atoms with Gasteiger partial charge in [0, 0.05) is 12.4 Å². The number of H-pyrrole nitrogens is 1. The molecule has 0 unspecified atom stereocenters. The minimum Gasteiger partial charge on any atom is -0.465 e. The quantitative estimate of drug-likeness (QED) is 0.803. The van der Waals surface area contributed by atoms with E-state index in [1.54, 1.807) is 18.5 Å². The normalized spacial score (nSPS) is 11.5. The first-order valence-electron chi connectivity index (χ1n) is 5.60. The van der Waals surface area contributed by atoms with Crippen molar-refractivity contribution < 1.29 is 17.9 Å². The van der Waals surface area contributed by atoms with Crippen LogP contribution in [0, 0.1) is 6.92 Å². The molecule has 0 spiro atoms. The Morgan fingerprint density at radius 1 is 1.55 bits per heavy atom. The lowest BCUT2D eigenvalue weighted by Crippen LogP contribution is -2.25. The second-order valence-electron chi connectivity index (χ2n) is 3.93. The van der Waals surface area contributed by atoms with Crippen LogP contribution in [0.25, 0.3) is 0 Å². The van der Waals surface area contributed by atoms with Gasteiger partial charge in [-0.2, -0.15) is 0 Å². The van der Waals surface area contributed by atoms with E-state index in [0.717, 1.165) is 11.3 Å². The zero-order chi connectivity index (χ0) is 14.8. The summed E-state index contributed by atoms with van der Waals surface area (Å²) in [5.74, 6) is -0.178. The molecule has 2 aromatic heterocycles. The monoisotopic (exact) mass is 315 g/mol. The average molecular weight is 315 g/mol. The predicted molar refractivity (Wildman–Crippen MR) is 73.0 cm³/mol. The molecule has 108 valence electrons. The van der Waals surface area contributed by atoms with E-state index in [2.05, 4.69) is 19.4 Å². The molecule has 0 aliphatic rings. The highest BCUT2D eigenvalue weighted by atomic mass is 32.2. The molecule has 0 radical (unpaired) electrons. The number of nitrogens with zero attached hydrogens (tertiary/aromatic N) is 1. The number of ether oxygens (including phenoxy) is 1. The number of nitrogens with one attached hydrogen (secondary N) is 2. The number of aromatic nitrogens is 2. The fourth-order valence-corrected chi connectivity index (χ4v) is 4.32. The third-order valence-electron chi connectivity index (χ3n) is 2.54. The molecule has 2 rings (SSSR count). The number of carbonyl (C=O) groups is 1. The fourth-order valence-electron chi connectivity index (χ4n) is 1.63. The van der Waals surface area contributed by atoms with Crippen LogP contribution in [0.4, 0.5) is 0 Å². The summed E-state index contributed by atoms with van der Waals surface area (Å²) in [4.78, 5) is 18.3. The van der Waals surface area contributed by atoms with E-state index in [1.165, 1.54) is 13.3 Å². The van der Waals surface area contributed by atoms with Crippen LogP contribution in [-0.4, -0.2) is 31.5 Å². The second kappa shape index (κ2) is 5.73. The van der Waals surface area contributed by atoms with Crippen molar-refractivity contribution in [3.05, 3.63) is 34.0 Å². The van der Waals surface area contributed by atoms with Gasteiger partial charge in [-0.05, 0) is 17.9 Å². The zero-order valence-corrected chi connectivity index (χ0v) is 12.5. The van der Waals surface area contributed by atoms with Crippen molar-refractivity contribution >= 4 is 27.3 Å². The summed E-state index contributed by atoms with van der Waals surface area (Å²) in [7, 11) is -2.60. The first kappa shape index (κ1) is 14.7. The number of hydrogen-bond donors (Lipinski definition) is 2. The molecular weight excluding hydrogens is 302 g/mol.